The van der Waals surface area contributed by atoms with Gasteiger partial charge in [-0.25, -0.2) is 0 Å². The lowest BCUT2D eigenvalue weighted by molar-refractivity contribution is 0.415. The summed E-state index contributed by atoms with van der Waals surface area (Å²) in [6.07, 6.45) is 2.24. The molecular weight excluding hydrogens is 450 g/mol. The Labute approximate surface area is 220 Å². The molecule has 0 amide bonds. The smallest absolute Gasteiger partial charge is 0.118 e. The van der Waals surface area contributed by atoms with Crippen LogP contribution in [0.4, 0.5) is 17.1 Å². The van der Waals surface area contributed by atoms with E-state index in [0.29, 0.717) is 0 Å². The van der Waals surface area contributed by atoms with Crippen molar-refractivity contribution in [2.24, 2.45) is 0 Å². The van der Waals surface area contributed by atoms with E-state index in [2.05, 4.69) is 140 Å². The van der Waals surface area contributed by atoms with Gasteiger partial charge in [-0.2, -0.15) is 0 Å². The molecule has 37 heavy (non-hydrogen) atoms. The first-order valence-corrected chi connectivity index (χ1v) is 12.6. The van der Waals surface area contributed by atoms with Crippen LogP contribution >= 0.6 is 0 Å². The van der Waals surface area contributed by atoms with E-state index in [-0.39, 0.29) is 0 Å². The number of anilines is 3. The van der Waals surface area contributed by atoms with Gasteiger partial charge in [0.25, 0.3) is 0 Å². The van der Waals surface area contributed by atoms with Crippen LogP contribution in [0.15, 0.2) is 127 Å². The van der Waals surface area contributed by atoms with Crippen LogP contribution in [0.3, 0.4) is 0 Å². The Morgan fingerprint density at radius 3 is 1.49 bits per heavy atom. The Kier molecular flexibility index (Phi) is 7.19. The fraction of sp³-hybridized carbons (Fsp3) is 0.0857. The lowest BCUT2D eigenvalue weighted by atomic mass is 9.95. The summed E-state index contributed by atoms with van der Waals surface area (Å²) in [6.45, 7) is 4.24. The van der Waals surface area contributed by atoms with Gasteiger partial charge in [0.15, 0.2) is 0 Å². The average Bonchev–Trinajstić information content (AvgIpc) is 2.95. The third kappa shape index (κ3) is 5.65. The first-order valence-electron chi connectivity index (χ1n) is 12.6. The third-order valence-electron chi connectivity index (χ3n) is 6.53. The number of hydrogen-bond donors (Lipinski definition) is 0. The SMILES string of the molecule is COc1ccc(/C=C(\c2ccccc2)c2ccc(N(c3ccc(C)cc3)c3ccc(C)cc3)cc2)cc1. The average molecular weight is 482 g/mol. The van der Waals surface area contributed by atoms with Crippen LogP contribution in [0.1, 0.15) is 27.8 Å². The van der Waals surface area contributed by atoms with Gasteiger partial charge in [-0.15, -0.1) is 0 Å². The molecule has 182 valence electrons. The summed E-state index contributed by atoms with van der Waals surface area (Å²) in [6, 6.07) is 45.0. The predicted molar refractivity (Wildman–Crippen MR) is 157 cm³/mol. The van der Waals surface area contributed by atoms with Crippen molar-refractivity contribution in [1.29, 1.82) is 0 Å². The van der Waals surface area contributed by atoms with Crippen molar-refractivity contribution in [3.8, 4) is 5.75 Å². The molecule has 0 aliphatic heterocycles. The van der Waals surface area contributed by atoms with Gasteiger partial charge in [0.2, 0.25) is 0 Å². The fourth-order valence-electron chi connectivity index (χ4n) is 4.44. The first kappa shape index (κ1) is 24.1. The molecule has 5 aromatic carbocycles. The van der Waals surface area contributed by atoms with Crippen molar-refractivity contribution in [3.05, 3.63) is 155 Å². The Morgan fingerprint density at radius 1 is 0.541 bits per heavy atom. The molecule has 0 radical (unpaired) electrons. The van der Waals surface area contributed by atoms with Crippen LogP contribution in [0.25, 0.3) is 11.6 Å². The normalized spacial score (nSPS) is 11.3. The number of nitrogens with zero attached hydrogens (tertiary/aromatic N) is 1. The minimum Gasteiger partial charge on any atom is -0.497 e. The molecule has 0 saturated carbocycles. The molecule has 2 heteroatoms. The maximum absolute atomic E-state index is 5.34. The number of benzene rings is 5. The zero-order valence-corrected chi connectivity index (χ0v) is 21.6. The van der Waals surface area contributed by atoms with E-state index >= 15 is 0 Å². The summed E-state index contributed by atoms with van der Waals surface area (Å²) >= 11 is 0. The largest absolute Gasteiger partial charge is 0.497 e. The molecule has 0 heterocycles. The molecule has 0 aliphatic rings. The highest BCUT2D eigenvalue weighted by Gasteiger charge is 2.13. The minimum absolute atomic E-state index is 0.857. The molecule has 0 aromatic heterocycles. The lowest BCUT2D eigenvalue weighted by Gasteiger charge is -2.26. The number of methoxy groups -OCH3 is 1. The number of hydrogen-bond acceptors (Lipinski definition) is 2. The highest BCUT2D eigenvalue weighted by Crippen LogP contribution is 2.36. The van der Waals surface area contributed by atoms with Crippen LogP contribution in [0.2, 0.25) is 0 Å². The second kappa shape index (κ2) is 11.0. The maximum Gasteiger partial charge on any atom is 0.118 e. The molecule has 5 aromatic rings. The summed E-state index contributed by atoms with van der Waals surface area (Å²) in [4.78, 5) is 2.30. The van der Waals surface area contributed by atoms with Crippen LogP contribution in [0, 0.1) is 13.8 Å². The van der Waals surface area contributed by atoms with E-state index in [0.717, 1.165) is 28.4 Å². The molecule has 0 aliphatic carbocycles. The van der Waals surface area contributed by atoms with Gasteiger partial charge >= 0.3 is 0 Å². The maximum atomic E-state index is 5.34. The summed E-state index contributed by atoms with van der Waals surface area (Å²) in [5.41, 5.74) is 10.5. The van der Waals surface area contributed by atoms with Crippen molar-refractivity contribution in [2.75, 3.05) is 12.0 Å². The Morgan fingerprint density at radius 2 is 1.00 bits per heavy atom. The molecule has 0 atom stereocenters. The molecule has 2 nitrogen and oxygen atoms in total. The van der Waals surface area contributed by atoms with Crippen molar-refractivity contribution < 1.29 is 4.74 Å². The van der Waals surface area contributed by atoms with Gasteiger partial charge < -0.3 is 9.64 Å². The van der Waals surface area contributed by atoms with Gasteiger partial charge in [0.1, 0.15) is 5.75 Å². The molecule has 0 N–H and O–H groups in total. The zero-order valence-electron chi connectivity index (χ0n) is 21.6. The Bertz CT molecular complexity index is 1420. The summed E-state index contributed by atoms with van der Waals surface area (Å²) in [7, 11) is 1.69. The van der Waals surface area contributed by atoms with Crippen molar-refractivity contribution in [3.63, 3.8) is 0 Å². The molecule has 0 fully saturated rings. The van der Waals surface area contributed by atoms with Crippen LogP contribution in [-0.4, -0.2) is 7.11 Å². The van der Waals surface area contributed by atoms with Gasteiger partial charge in [-0.3, -0.25) is 0 Å². The molecule has 0 saturated heterocycles. The highest BCUT2D eigenvalue weighted by atomic mass is 16.5. The third-order valence-corrected chi connectivity index (χ3v) is 6.53. The highest BCUT2D eigenvalue weighted by molar-refractivity contribution is 5.92. The van der Waals surface area contributed by atoms with Crippen LogP contribution in [-0.2, 0) is 0 Å². The van der Waals surface area contributed by atoms with Gasteiger partial charge in [0.05, 0.1) is 7.11 Å². The molecule has 0 bridgehead atoms. The van der Waals surface area contributed by atoms with E-state index in [1.54, 1.807) is 7.11 Å². The lowest BCUT2D eigenvalue weighted by Crippen LogP contribution is -2.10. The van der Waals surface area contributed by atoms with Crippen LogP contribution < -0.4 is 9.64 Å². The molecular formula is C35H31NO. The first-order chi connectivity index (χ1) is 18.1. The van der Waals surface area contributed by atoms with Crippen molar-refractivity contribution in [1.82, 2.24) is 0 Å². The Balaban J connectivity index is 1.56. The van der Waals surface area contributed by atoms with E-state index in [9.17, 15) is 0 Å². The quantitative estimate of drug-likeness (QED) is 0.215. The molecule has 5 rings (SSSR count). The topological polar surface area (TPSA) is 12.5 Å². The standard InChI is InChI=1S/C35H31NO/c1-26-9-17-31(18-10-26)36(32-19-11-27(2)12-20-32)33-21-15-30(16-22-33)35(29-7-5-4-6-8-29)25-28-13-23-34(37-3)24-14-28/h4-25H,1-3H3/b35-25+. The van der Waals surface area contributed by atoms with E-state index in [1.165, 1.54) is 27.8 Å². The van der Waals surface area contributed by atoms with E-state index in [1.807, 2.05) is 12.1 Å². The second-order valence-electron chi connectivity index (χ2n) is 9.25. The summed E-state index contributed by atoms with van der Waals surface area (Å²) < 4.78 is 5.34. The van der Waals surface area contributed by atoms with Gasteiger partial charge in [-0.1, -0.05) is 90.0 Å². The summed E-state index contributed by atoms with van der Waals surface area (Å²) in [5, 5.41) is 0. The number of ether oxygens (including phenoxy) is 1. The summed E-state index contributed by atoms with van der Waals surface area (Å²) in [5.74, 6) is 0.857. The number of aryl methyl sites for hydroxylation is 2. The Hall–Kier alpha value is -4.56. The fourth-order valence-corrected chi connectivity index (χ4v) is 4.44. The van der Waals surface area contributed by atoms with Crippen LogP contribution in [0.5, 0.6) is 5.75 Å². The van der Waals surface area contributed by atoms with E-state index in [4.69, 9.17) is 4.74 Å². The molecule has 0 unspecified atom stereocenters. The van der Waals surface area contributed by atoms with Crippen molar-refractivity contribution >= 4 is 28.7 Å². The van der Waals surface area contributed by atoms with Crippen molar-refractivity contribution in [2.45, 2.75) is 13.8 Å². The monoisotopic (exact) mass is 481 g/mol. The number of rotatable bonds is 7. The molecule has 0 spiro atoms. The minimum atomic E-state index is 0.857. The van der Waals surface area contributed by atoms with E-state index < -0.39 is 0 Å². The van der Waals surface area contributed by atoms with Gasteiger partial charge in [0, 0.05) is 17.1 Å². The predicted octanol–water partition coefficient (Wildman–Crippen LogP) is 9.37. The van der Waals surface area contributed by atoms with Gasteiger partial charge in [-0.05, 0) is 90.7 Å². The zero-order chi connectivity index (χ0) is 25.6. The second-order valence-corrected chi connectivity index (χ2v) is 9.25.